The predicted molar refractivity (Wildman–Crippen MR) is 60.3 cm³/mol. The minimum absolute atomic E-state index is 0.0349. The molecule has 1 rings (SSSR count). The van der Waals surface area contributed by atoms with Gasteiger partial charge >= 0.3 is 0 Å². The molecule has 0 bridgehead atoms. The number of carbonyl (C=O) groups excluding carboxylic acids is 1. The average molecular weight is 196 g/mol. The summed E-state index contributed by atoms with van der Waals surface area (Å²) in [5, 5.41) is 0. The lowest BCUT2D eigenvalue weighted by Gasteiger charge is -2.32. The molecule has 0 amide bonds. The van der Waals surface area contributed by atoms with Crippen molar-refractivity contribution in [1.29, 1.82) is 0 Å². The van der Waals surface area contributed by atoms with Crippen LogP contribution < -0.4 is 0 Å². The summed E-state index contributed by atoms with van der Waals surface area (Å²) >= 11 is 0. The first-order valence-corrected chi connectivity index (χ1v) is 6.08. The Balaban J connectivity index is 2.41. The zero-order valence-corrected chi connectivity index (χ0v) is 9.94. The molecule has 0 atom stereocenters. The third kappa shape index (κ3) is 3.11. The first-order chi connectivity index (χ1) is 6.54. The predicted octanol–water partition coefficient (Wildman–Crippen LogP) is 3.96. The molecule has 0 aliphatic heterocycles. The second-order valence-electron chi connectivity index (χ2n) is 5.48. The van der Waals surface area contributed by atoms with Crippen molar-refractivity contribution in [2.24, 2.45) is 11.3 Å². The fourth-order valence-corrected chi connectivity index (χ4v) is 2.33. The lowest BCUT2D eigenvalue weighted by Crippen LogP contribution is -2.30. The SMILES string of the molecule is CC(C)CCC(=O)C1(C)CCCCC1. The standard InChI is InChI=1S/C13H24O/c1-11(2)7-8-12(14)13(3)9-5-4-6-10-13/h11H,4-10H2,1-3H3. The molecule has 0 spiro atoms. The Kier molecular flexibility index (Phi) is 4.15. The molecule has 0 aromatic carbocycles. The molecule has 1 heteroatoms. The number of hydrogen-bond acceptors (Lipinski definition) is 1. The molecular weight excluding hydrogens is 172 g/mol. The van der Waals surface area contributed by atoms with Crippen LogP contribution in [0.4, 0.5) is 0 Å². The summed E-state index contributed by atoms with van der Waals surface area (Å²) in [6, 6.07) is 0. The molecular formula is C13H24O. The summed E-state index contributed by atoms with van der Waals surface area (Å²) in [5.41, 5.74) is 0.0349. The van der Waals surface area contributed by atoms with E-state index in [-0.39, 0.29) is 5.41 Å². The van der Waals surface area contributed by atoms with Crippen LogP contribution in [0.2, 0.25) is 0 Å². The molecule has 1 aliphatic rings. The van der Waals surface area contributed by atoms with Crippen molar-refractivity contribution in [3.8, 4) is 0 Å². The van der Waals surface area contributed by atoms with Gasteiger partial charge in [0.1, 0.15) is 5.78 Å². The summed E-state index contributed by atoms with van der Waals surface area (Å²) in [5.74, 6) is 1.18. The second-order valence-corrected chi connectivity index (χ2v) is 5.48. The molecule has 1 aliphatic carbocycles. The van der Waals surface area contributed by atoms with E-state index in [1.807, 2.05) is 0 Å². The summed E-state index contributed by atoms with van der Waals surface area (Å²) in [6.07, 6.45) is 7.96. The largest absolute Gasteiger partial charge is 0.299 e. The van der Waals surface area contributed by atoms with Gasteiger partial charge in [-0.1, -0.05) is 40.0 Å². The van der Waals surface area contributed by atoms with Gasteiger partial charge in [-0.15, -0.1) is 0 Å². The highest BCUT2D eigenvalue weighted by Gasteiger charge is 2.33. The zero-order chi connectivity index (χ0) is 10.6. The van der Waals surface area contributed by atoms with E-state index >= 15 is 0 Å². The van der Waals surface area contributed by atoms with E-state index < -0.39 is 0 Å². The molecule has 0 aromatic heterocycles. The minimum atomic E-state index is 0.0349. The maximum atomic E-state index is 12.0. The van der Waals surface area contributed by atoms with Crippen LogP contribution in [0, 0.1) is 11.3 Å². The fourth-order valence-electron chi connectivity index (χ4n) is 2.33. The van der Waals surface area contributed by atoms with E-state index in [9.17, 15) is 4.79 Å². The number of ketones is 1. The van der Waals surface area contributed by atoms with Crippen molar-refractivity contribution in [2.45, 2.75) is 65.7 Å². The molecule has 0 unspecified atom stereocenters. The first-order valence-electron chi connectivity index (χ1n) is 6.08. The fraction of sp³-hybridized carbons (Fsp3) is 0.923. The van der Waals surface area contributed by atoms with E-state index in [1.54, 1.807) is 0 Å². The van der Waals surface area contributed by atoms with E-state index in [4.69, 9.17) is 0 Å². The Hall–Kier alpha value is -0.330. The molecule has 1 fully saturated rings. The van der Waals surface area contributed by atoms with Gasteiger partial charge in [-0.3, -0.25) is 4.79 Å². The van der Waals surface area contributed by atoms with Crippen molar-refractivity contribution in [3.63, 3.8) is 0 Å². The van der Waals surface area contributed by atoms with Crippen molar-refractivity contribution >= 4 is 5.78 Å². The highest BCUT2D eigenvalue weighted by Crippen LogP contribution is 2.37. The zero-order valence-electron chi connectivity index (χ0n) is 9.94. The third-order valence-corrected chi connectivity index (χ3v) is 3.58. The maximum absolute atomic E-state index is 12.0. The van der Waals surface area contributed by atoms with Gasteiger partial charge in [-0.2, -0.15) is 0 Å². The van der Waals surface area contributed by atoms with Crippen LogP contribution in [0.3, 0.4) is 0 Å². The Bertz CT molecular complexity index is 187. The lowest BCUT2D eigenvalue weighted by molar-refractivity contribution is -0.129. The molecule has 82 valence electrons. The number of Topliss-reactive ketones (excluding diaryl/α,β-unsaturated/α-hetero) is 1. The van der Waals surface area contributed by atoms with Crippen molar-refractivity contribution < 1.29 is 4.79 Å². The van der Waals surface area contributed by atoms with Crippen LogP contribution in [0.5, 0.6) is 0 Å². The Morgan fingerprint density at radius 2 is 1.79 bits per heavy atom. The van der Waals surface area contributed by atoms with Gasteiger partial charge in [-0.05, 0) is 25.2 Å². The number of hydrogen-bond donors (Lipinski definition) is 0. The summed E-state index contributed by atoms with van der Waals surface area (Å²) < 4.78 is 0. The molecule has 0 radical (unpaired) electrons. The van der Waals surface area contributed by atoms with Crippen LogP contribution in [0.25, 0.3) is 0 Å². The van der Waals surface area contributed by atoms with Crippen molar-refractivity contribution in [2.75, 3.05) is 0 Å². The third-order valence-electron chi connectivity index (χ3n) is 3.58. The Morgan fingerprint density at radius 1 is 1.21 bits per heavy atom. The number of rotatable bonds is 4. The quantitative estimate of drug-likeness (QED) is 0.665. The Morgan fingerprint density at radius 3 is 2.29 bits per heavy atom. The molecule has 1 saturated carbocycles. The van der Waals surface area contributed by atoms with E-state index in [1.165, 1.54) is 19.3 Å². The van der Waals surface area contributed by atoms with E-state index in [0.29, 0.717) is 11.7 Å². The monoisotopic (exact) mass is 196 g/mol. The van der Waals surface area contributed by atoms with Gasteiger partial charge in [0.05, 0.1) is 0 Å². The van der Waals surface area contributed by atoms with Crippen LogP contribution in [0.1, 0.15) is 65.7 Å². The van der Waals surface area contributed by atoms with Gasteiger partial charge in [0.2, 0.25) is 0 Å². The van der Waals surface area contributed by atoms with Crippen molar-refractivity contribution in [1.82, 2.24) is 0 Å². The van der Waals surface area contributed by atoms with Gasteiger partial charge in [0.25, 0.3) is 0 Å². The summed E-state index contributed by atoms with van der Waals surface area (Å²) in [6.45, 7) is 6.56. The average Bonchev–Trinajstić information content (AvgIpc) is 2.15. The van der Waals surface area contributed by atoms with Crippen LogP contribution in [-0.2, 0) is 4.79 Å². The van der Waals surface area contributed by atoms with Crippen LogP contribution >= 0.6 is 0 Å². The highest BCUT2D eigenvalue weighted by molar-refractivity contribution is 5.84. The Labute approximate surface area is 88.3 Å². The topological polar surface area (TPSA) is 17.1 Å². The summed E-state index contributed by atoms with van der Waals surface area (Å²) in [7, 11) is 0. The molecule has 1 nitrogen and oxygen atoms in total. The highest BCUT2D eigenvalue weighted by atomic mass is 16.1. The normalized spacial score (nSPS) is 21.1. The molecule has 0 heterocycles. The van der Waals surface area contributed by atoms with Crippen molar-refractivity contribution in [3.05, 3.63) is 0 Å². The van der Waals surface area contributed by atoms with Gasteiger partial charge in [0.15, 0.2) is 0 Å². The van der Waals surface area contributed by atoms with E-state index in [2.05, 4.69) is 20.8 Å². The van der Waals surface area contributed by atoms with Gasteiger partial charge < -0.3 is 0 Å². The number of carbonyl (C=O) groups is 1. The smallest absolute Gasteiger partial charge is 0.138 e. The molecule has 0 N–H and O–H groups in total. The summed E-state index contributed by atoms with van der Waals surface area (Å²) in [4.78, 5) is 12.0. The first kappa shape index (κ1) is 11.7. The van der Waals surface area contributed by atoms with Crippen LogP contribution in [0.15, 0.2) is 0 Å². The molecule has 0 saturated heterocycles. The minimum Gasteiger partial charge on any atom is -0.299 e. The molecule has 0 aromatic rings. The molecule has 14 heavy (non-hydrogen) atoms. The lowest BCUT2D eigenvalue weighted by atomic mass is 9.71. The van der Waals surface area contributed by atoms with Crippen LogP contribution in [-0.4, -0.2) is 5.78 Å². The van der Waals surface area contributed by atoms with E-state index in [0.717, 1.165) is 25.7 Å². The van der Waals surface area contributed by atoms with Gasteiger partial charge in [-0.25, -0.2) is 0 Å². The van der Waals surface area contributed by atoms with Gasteiger partial charge in [0, 0.05) is 11.8 Å². The second kappa shape index (κ2) is 4.95. The maximum Gasteiger partial charge on any atom is 0.138 e.